The normalized spacial score (nSPS) is 14.2. The van der Waals surface area contributed by atoms with E-state index < -0.39 is 0 Å². The smallest absolute Gasteiger partial charge is 0.230 e. The van der Waals surface area contributed by atoms with Crippen molar-refractivity contribution in [3.05, 3.63) is 60.0 Å². The summed E-state index contributed by atoms with van der Waals surface area (Å²) in [5, 5.41) is 15.5. The quantitative estimate of drug-likeness (QED) is 0.266. The van der Waals surface area contributed by atoms with Gasteiger partial charge in [0.1, 0.15) is 5.75 Å². The largest absolute Gasteiger partial charge is 0.438 e. The minimum absolute atomic E-state index is 0.444. The minimum atomic E-state index is 0.444. The molecule has 0 aliphatic heterocycles. The van der Waals surface area contributed by atoms with Gasteiger partial charge in [-0.2, -0.15) is 0 Å². The van der Waals surface area contributed by atoms with Gasteiger partial charge in [0.15, 0.2) is 5.84 Å². The third-order valence-electron chi connectivity index (χ3n) is 5.15. The Labute approximate surface area is 170 Å². The molecule has 0 amide bonds. The Hall–Kier alpha value is -3.15. The van der Waals surface area contributed by atoms with E-state index >= 15 is 0 Å². The van der Waals surface area contributed by atoms with E-state index in [4.69, 9.17) is 4.74 Å². The Kier molecular flexibility index (Phi) is 5.60. The van der Waals surface area contributed by atoms with Crippen LogP contribution in [0.4, 0.5) is 0 Å². The summed E-state index contributed by atoms with van der Waals surface area (Å²) in [4.78, 5) is 10.9. The number of hydrogen-bond acceptors (Lipinski definition) is 5. The number of nitrogens with zero attached hydrogens (tertiary/aromatic N) is 4. The lowest BCUT2D eigenvalue weighted by molar-refractivity contribution is 0.297. The van der Waals surface area contributed by atoms with Crippen LogP contribution in [0.1, 0.15) is 37.4 Å². The number of hydrogen-bond donors (Lipinski definition) is 1. The summed E-state index contributed by atoms with van der Waals surface area (Å²) in [7, 11) is 0. The van der Waals surface area contributed by atoms with Gasteiger partial charge < -0.3 is 14.8 Å². The molecule has 0 atom stereocenters. The molecule has 2 aromatic heterocycles. The number of benzene rings is 1. The predicted molar refractivity (Wildman–Crippen MR) is 114 cm³/mol. The van der Waals surface area contributed by atoms with Gasteiger partial charge in [0, 0.05) is 41.9 Å². The summed E-state index contributed by atoms with van der Waals surface area (Å²) in [6.07, 6.45) is 7.00. The van der Waals surface area contributed by atoms with Gasteiger partial charge in [0.05, 0.1) is 5.56 Å². The van der Waals surface area contributed by atoms with Crippen molar-refractivity contribution >= 4 is 16.6 Å². The molecule has 1 fully saturated rings. The number of rotatable bonds is 7. The minimum Gasteiger partial charge on any atom is -0.438 e. The molecule has 0 radical (unpaired) electrons. The summed E-state index contributed by atoms with van der Waals surface area (Å²) in [5.74, 6) is 2.33. The van der Waals surface area contributed by atoms with Crippen LogP contribution in [0.2, 0.25) is 0 Å². The molecule has 29 heavy (non-hydrogen) atoms. The summed E-state index contributed by atoms with van der Waals surface area (Å²) >= 11 is 0. The summed E-state index contributed by atoms with van der Waals surface area (Å²) in [6, 6.07) is 11.6. The van der Waals surface area contributed by atoms with Gasteiger partial charge in [0.25, 0.3) is 0 Å². The SMILES string of the molecule is CCCN(CC1CC1)/C(=N\O)c1ccc(C)nc1Oc1cccc2cnccc12. The van der Waals surface area contributed by atoms with Crippen molar-refractivity contribution in [2.75, 3.05) is 13.1 Å². The van der Waals surface area contributed by atoms with Crippen molar-refractivity contribution in [1.29, 1.82) is 0 Å². The van der Waals surface area contributed by atoms with E-state index in [1.54, 1.807) is 6.20 Å². The van der Waals surface area contributed by atoms with Crippen molar-refractivity contribution < 1.29 is 9.94 Å². The van der Waals surface area contributed by atoms with Gasteiger partial charge in [-0.3, -0.25) is 4.98 Å². The average Bonchev–Trinajstić information content (AvgIpc) is 3.54. The maximum Gasteiger partial charge on any atom is 0.230 e. The molecule has 0 unspecified atom stereocenters. The predicted octanol–water partition coefficient (Wildman–Crippen LogP) is 4.99. The molecular formula is C23H26N4O2. The van der Waals surface area contributed by atoms with Gasteiger partial charge in [-0.1, -0.05) is 24.2 Å². The second-order valence-electron chi connectivity index (χ2n) is 7.57. The van der Waals surface area contributed by atoms with E-state index in [9.17, 15) is 5.21 Å². The summed E-state index contributed by atoms with van der Waals surface area (Å²) in [6.45, 7) is 5.76. The number of oxime groups is 1. The lowest BCUT2D eigenvalue weighted by Crippen LogP contribution is -2.34. The van der Waals surface area contributed by atoms with Crippen LogP contribution in [0.3, 0.4) is 0 Å². The molecule has 4 rings (SSSR count). The average molecular weight is 390 g/mol. The first-order chi connectivity index (χ1) is 14.2. The van der Waals surface area contributed by atoms with Crippen LogP contribution in [-0.4, -0.2) is 39.0 Å². The Morgan fingerprint density at radius 2 is 2.10 bits per heavy atom. The zero-order chi connectivity index (χ0) is 20.2. The zero-order valence-corrected chi connectivity index (χ0v) is 16.9. The van der Waals surface area contributed by atoms with Gasteiger partial charge in [0.2, 0.25) is 5.88 Å². The lowest BCUT2D eigenvalue weighted by atomic mass is 10.1. The van der Waals surface area contributed by atoms with Crippen molar-refractivity contribution in [3.8, 4) is 11.6 Å². The first kappa shape index (κ1) is 19.2. The molecule has 1 N–H and O–H groups in total. The van der Waals surface area contributed by atoms with Gasteiger partial charge in [-0.25, -0.2) is 4.98 Å². The molecule has 1 aliphatic rings. The highest BCUT2D eigenvalue weighted by Crippen LogP contribution is 2.33. The van der Waals surface area contributed by atoms with Gasteiger partial charge >= 0.3 is 0 Å². The van der Waals surface area contributed by atoms with Crippen molar-refractivity contribution in [3.63, 3.8) is 0 Å². The Bertz CT molecular complexity index is 1030. The van der Waals surface area contributed by atoms with Crippen LogP contribution in [0.5, 0.6) is 11.6 Å². The monoisotopic (exact) mass is 390 g/mol. The maximum atomic E-state index is 9.90. The number of aromatic nitrogens is 2. The number of fused-ring (bicyclic) bond motifs is 1. The molecule has 6 nitrogen and oxygen atoms in total. The van der Waals surface area contributed by atoms with Crippen LogP contribution in [0.15, 0.2) is 53.9 Å². The highest BCUT2D eigenvalue weighted by molar-refractivity contribution is 6.00. The Balaban J connectivity index is 1.73. The number of amidine groups is 1. The van der Waals surface area contributed by atoms with Crippen LogP contribution >= 0.6 is 0 Å². The van der Waals surface area contributed by atoms with Gasteiger partial charge in [-0.15, -0.1) is 0 Å². The van der Waals surface area contributed by atoms with E-state index in [1.807, 2.05) is 49.5 Å². The van der Waals surface area contributed by atoms with Crippen molar-refractivity contribution in [1.82, 2.24) is 14.9 Å². The molecule has 6 heteroatoms. The van der Waals surface area contributed by atoms with E-state index in [1.165, 1.54) is 12.8 Å². The molecule has 1 saturated carbocycles. The molecule has 2 heterocycles. The van der Waals surface area contributed by atoms with Crippen molar-refractivity contribution in [2.45, 2.75) is 33.1 Å². The highest BCUT2D eigenvalue weighted by Gasteiger charge is 2.28. The standard InChI is InChI=1S/C23H26N4O2/c1-3-13-27(15-17-8-9-17)22(26-28)20-10-7-16(2)25-23(20)29-21-6-4-5-18-14-24-12-11-19(18)21/h4-7,10-12,14,17,28H,3,8-9,13,15H2,1-2H3/b26-22-. The number of pyridine rings is 2. The summed E-state index contributed by atoms with van der Waals surface area (Å²) in [5.41, 5.74) is 1.53. The van der Waals surface area contributed by atoms with E-state index in [0.29, 0.717) is 28.9 Å². The molecule has 3 aromatic rings. The second-order valence-corrected chi connectivity index (χ2v) is 7.57. The fourth-order valence-corrected chi connectivity index (χ4v) is 3.52. The van der Waals surface area contributed by atoms with Crippen LogP contribution in [-0.2, 0) is 0 Å². The highest BCUT2D eigenvalue weighted by atomic mass is 16.5. The van der Waals surface area contributed by atoms with Crippen LogP contribution in [0.25, 0.3) is 10.8 Å². The van der Waals surface area contributed by atoms with E-state index in [2.05, 4.69) is 26.9 Å². The second kappa shape index (κ2) is 8.47. The molecule has 0 bridgehead atoms. The molecule has 0 spiro atoms. The summed E-state index contributed by atoms with van der Waals surface area (Å²) < 4.78 is 6.28. The third-order valence-corrected chi connectivity index (χ3v) is 5.15. The van der Waals surface area contributed by atoms with Crippen LogP contribution in [0, 0.1) is 12.8 Å². The number of ether oxygens (including phenoxy) is 1. The van der Waals surface area contributed by atoms with Crippen molar-refractivity contribution in [2.24, 2.45) is 11.1 Å². The maximum absolute atomic E-state index is 9.90. The van der Waals surface area contributed by atoms with E-state index in [-0.39, 0.29) is 0 Å². The fraction of sp³-hybridized carbons (Fsp3) is 0.348. The Morgan fingerprint density at radius 3 is 2.86 bits per heavy atom. The zero-order valence-electron chi connectivity index (χ0n) is 16.9. The first-order valence-electron chi connectivity index (χ1n) is 10.1. The lowest BCUT2D eigenvalue weighted by Gasteiger charge is -2.25. The fourth-order valence-electron chi connectivity index (χ4n) is 3.52. The molecule has 150 valence electrons. The molecule has 0 saturated heterocycles. The molecule has 1 aliphatic carbocycles. The number of aryl methyl sites for hydroxylation is 1. The van der Waals surface area contributed by atoms with Crippen LogP contribution < -0.4 is 4.74 Å². The molecular weight excluding hydrogens is 364 g/mol. The molecule has 1 aromatic carbocycles. The topological polar surface area (TPSA) is 70.8 Å². The third kappa shape index (κ3) is 4.31. The first-order valence-corrected chi connectivity index (χ1v) is 10.1. The van der Waals surface area contributed by atoms with E-state index in [0.717, 1.165) is 36.0 Å². The van der Waals surface area contributed by atoms with Gasteiger partial charge in [-0.05, 0) is 56.4 Å². The Morgan fingerprint density at radius 1 is 1.24 bits per heavy atom.